The van der Waals surface area contributed by atoms with Crippen LogP contribution in [0.25, 0.3) is 0 Å². The van der Waals surface area contributed by atoms with Crippen molar-refractivity contribution in [3.8, 4) is 5.75 Å². The minimum atomic E-state index is 0.358. The number of hydrogen-bond acceptors (Lipinski definition) is 3. The molecule has 1 aromatic carbocycles. The van der Waals surface area contributed by atoms with Crippen LogP contribution < -0.4 is 10.6 Å². The highest BCUT2D eigenvalue weighted by Gasteiger charge is 2.02. The largest absolute Gasteiger partial charge is 0.496 e. The molecule has 0 saturated heterocycles. The highest BCUT2D eigenvalue weighted by molar-refractivity contribution is 9.10. The molecule has 0 atom stereocenters. The molecule has 0 saturated carbocycles. The van der Waals surface area contributed by atoms with E-state index in [0.717, 1.165) is 15.8 Å². The van der Waals surface area contributed by atoms with Gasteiger partial charge in [0.2, 0.25) is 0 Å². The Hall–Kier alpha value is -0.580. The summed E-state index contributed by atoms with van der Waals surface area (Å²) in [6.07, 6.45) is 0. The molecule has 1 rings (SSSR count). The summed E-state index contributed by atoms with van der Waals surface area (Å²) in [4.78, 5) is 4.51. The maximum atomic E-state index is 5.11. The average molecular weight is 232 g/mol. The van der Waals surface area contributed by atoms with Gasteiger partial charge in [0.05, 0.1) is 13.7 Å². The first kappa shape index (κ1) is 9.51. The minimum Gasteiger partial charge on any atom is -0.496 e. The van der Waals surface area contributed by atoms with Gasteiger partial charge in [0, 0.05) is 10.0 Å². The van der Waals surface area contributed by atoms with Gasteiger partial charge >= 0.3 is 0 Å². The van der Waals surface area contributed by atoms with E-state index in [9.17, 15) is 0 Å². The molecule has 1 aromatic rings. The first-order valence-corrected chi connectivity index (χ1v) is 4.21. The standard InChI is InChI=1S/C8H10BrNO2/c1-11-8-4-7(9)3-2-6(8)5-12-10/h2-4H,5,10H2,1H3. The fraction of sp³-hybridized carbons (Fsp3) is 0.250. The molecule has 3 nitrogen and oxygen atoms in total. The third-order valence-electron chi connectivity index (χ3n) is 1.49. The topological polar surface area (TPSA) is 44.5 Å². The molecule has 12 heavy (non-hydrogen) atoms. The maximum absolute atomic E-state index is 5.11. The van der Waals surface area contributed by atoms with Gasteiger partial charge in [-0.05, 0) is 12.1 Å². The summed E-state index contributed by atoms with van der Waals surface area (Å²) >= 11 is 3.34. The molecule has 0 aliphatic rings. The number of halogens is 1. The number of nitrogens with two attached hydrogens (primary N) is 1. The Labute approximate surface area is 79.5 Å². The lowest BCUT2D eigenvalue weighted by atomic mass is 10.2. The minimum absolute atomic E-state index is 0.358. The SMILES string of the molecule is COc1cc(Br)ccc1CON. The summed E-state index contributed by atoms with van der Waals surface area (Å²) < 4.78 is 6.09. The van der Waals surface area contributed by atoms with Crippen LogP contribution in [0.15, 0.2) is 22.7 Å². The number of rotatable bonds is 3. The van der Waals surface area contributed by atoms with Crippen LogP contribution in [-0.2, 0) is 11.4 Å². The van der Waals surface area contributed by atoms with Gasteiger partial charge in [0.15, 0.2) is 0 Å². The van der Waals surface area contributed by atoms with Crippen molar-refractivity contribution in [2.45, 2.75) is 6.61 Å². The van der Waals surface area contributed by atoms with Crippen LogP contribution in [0.2, 0.25) is 0 Å². The second-order valence-corrected chi connectivity index (χ2v) is 3.18. The molecule has 0 amide bonds. The van der Waals surface area contributed by atoms with Crippen LogP contribution in [-0.4, -0.2) is 7.11 Å². The Morgan fingerprint density at radius 1 is 1.50 bits per heavy atom. The predicted octanol–water partition coefficient (Wildman–Crippen LogP) is 1.85. The Morgan fingerprint density at radius 2 is 2.25 bits per heavy atom. The van der Waals surface area contributed by atoms with Crippen LogP contribution in [0.3, 0.4) is 0 Å². The van der Waals surface area contributed by atoms with Gasteiger partial charge in [0.25, 0.3) is 0 Å². The van der Waals surface area contributed by atoms with Crippen molar-refractivity contribution < 1.29 is 9.57 Å². The summed E-state index contributed by atoms with van der Waals surface area (Å²) in [6.45, 7) is 0.358. The zero-order valence-electron chi connectivity index (χ0n) is 6.71. The Bertz CT molecular complexity index is 265. The van der Waals surface area contributed by atoms with E-state index in [2.05, 4.69) is 20.8 Å². The first-order chi connectivity index (χ1) is 5.77. The van der Waals surface area contributed by atoms with Crippen molar-refractivity contribution in [2.75, 3.05) is 7.11 Å². The van der Waals surface area contributed by atoms with Gasteiger partial charge in [-0.25, -0.2) is 5.90 Å². The number of hydrogen-bond donors (Lipinski definition) is 1. The molecular formula is C8H10BrNO2. The molecule has 0 bridgehead atoms. The fourth-order valence-corrected chi connectivity index (χ4v) is 1.27. The number of benzene rings is 1. The van der Waals surface area contributed by atoms with Crippen molar-refractivity contribution in [1.82, 2.24) is 0 Å². The summed E-state index contributed by atoms with van der Waals surface area (Å²) in [6, 6.07) is 5.68. The first-order valence-electron chi connectivity index (χ1n) is 3.42. The third-order valence-corrected chi connectivity index (χ3v) is 1.98. The zero-order valence-corrected chi connectivity index (χ0v) is 8.30. The van der Waals surface area contributed by atoms with E-state index in [1.807, 2.05) is 18.2 Å². The van der Waals surface area contributed by atoms with E-state index in [0.29, 0.717) is 6.61 Å². The third kappa shape index (κ3) is 2.20. The second kappa shape index (κ2) is 4.45. The van der Waals surface area contributed by atoms with Crippen LogP contribution in [0.4, 0.5) is 0 Å². The van der Waals surface area contributed by atoms with E-state index >= 15 is 0 Å². The van der Waals surface area contributed by atoms with Crippen LogP contribution in [0.1, 0.15) is 5.56 Å². The smallest absolute Gasteiger partial charge is 0.125 e. The van der Waals surface area contributed by atoms with Gasteiger partial charge in [0.1, 0.15) is 5.75 Å². The van der Waals surface area contributed by atoms with Gasteiger partial charge in [-0.2, -0.15) is 0 Å². The normalized spacial score (nSPS) is 9.92. The summed E-state index contributed by atoms with van der Waals surface area (Å²) in [5.74, 6) is 5.73. The highest BCUT2D eigenvalue weighted by atomic mass is 79.9. The van der Waals surface area contributed by atoms with Crippen molar-refractivity contribution in [2.24, 2.45) is 5.90 Å². The van der Waals surface area contributed by atoms with Gasteiger partial charge in [-0.1, -0.05) is 22.0 Å². The van der Waals surface area contributed by atoms with E-state index in [1.165, 1.54) is 0 Å². The van der Waals surface area contributed by atoms with Gasteiger partial charge < -0.3 is 4.74 Å². The molecule has 4 heteroatoms. The Kier molecular flexibility index (Phi) is 3.52. The van der Waals surface area contributed by atoms with E-state index in [1.54, 1.807) is 7.11 Å². The van der Waals surface area contributed by atoms with Crippen LogP contribution >= 0.6 is 15.9 Å². The highest BCUT2D eigenvalue weighted by Crippen LogP contribution is 2.23. The number of methoxy groups -OCH3 is 1. The number of ether oxygens (including phenoxy) is 1. The van der Waals surface area contributed by atoms with Crippen molar-refractivity contribution in [3.63, 3.8) is 0 Å². The zero-order chi connectivity index (χ0) is 8.97. The van der Waals surface area contributed by atoms with Gasteiger partial charge in [-0.3, -0.25) is 4.84 Å². The van der Waals surface area contributed by atoms with Crippen molar-refractivity contribution >= 4 is 15.9 Å². The quantitative estimate of drug-likeness (QED) is 0.808. The molecule has 0 heterocycles. The summed E-state index contributed by atoms with van der Waals surface area (Å²) in [7, 11) is 1.61. The van der Waals surface area contributed by atoms with Gasteiger partial charge in [-0.15, -0.1) is 0 Å². The van der Waals surface area contributed by atoms with Crippen molar-refractivity contribution in [3.05, 3.63) is 28.2 Å². The molecule has 0 aromatic heterocycles. The average Bonchev–Trinajstić information content (AvgIpc) is 2.08. The maximum Gasteiger partial charge on any atom is 0.125 e. The molecule has 66 valence electrons. The monoisotopic (exact) mass is 231 g/mol. The summed E-state index contributed by atoms with van der Waals surface area (Å²) in [5, 5.41) is 0. The van der Waals surface area contributed by atoms with E-state index in [-0.39, 0.29) is 0 Å². The van der Waals surface area contributed by atoms with Crippen molar-refractivity contribution in [1.29, 1.82) is 0 Å². The Balaban J connectivity index is 2.94. The molecule has 0 radical (unpaired) electrons. The van der Waals surface area contributed by atoms with Crippen LogP contribution in [0.5, 0.6) is 5.75 Å². The lowest BCUT2D eigenvalue weighted by molar-refractivity contribution is 0.122. The molecule has 0 aliphatic heterocycles. The second-order valence-electron chi connectivity index (χ2n) is 2.27. The molecule has 0 spiro atoms. The van der Waals surface area contributed by atoms with Crippen LogP contribution in [0, 0.1) is 0 Å². The summed E-state index contributed by atoms with van der Waals surface area (Å²) in [5.41, 5.74) is 0.934. The lowest BCUT2D eigenvalue weighted by Crippen LogP contribution is -2.00. The molecule has 0 aliphatic carbocycles. The predicted molar refractivity (Wildman–Crippen MR) is 49.7 cm³/mol. The van der Waals surface area contributed by atoms with E-state index < -0.39 is 0 Å². The Morgan fingerprint density at radius 3 is 2.83 bits per heavy atom. The molecule has 0 fully saturated rings. The fourth-order valence-electron chi connectivity index (χ4n) is 0.927. The van der Waals surface area contributed by atoms with E-state index in [4.69, 9.17) is 10.6 Å². The molecule has 0 unspecified atom stereocenters. The lowest BCUT2D eigenvalue weighted by Gasteiger charge is -2.06. The molecule has 2 N–H and O–H groups in total. The molecular weight excluding hydrogens is 222 g/mol.